The molecule has 7 heteroatoms. The minimum Gasteiger partial charge on any atom is -0.503 e. The maximum absolute atomic E-state index is 13.5. The summed E-state index contributed by atoms with van der Waals surface area (Å²) in [6.07, 6.45) is 3.16. The first-order chi connectivity index (χ1) is 16.1. The number of benzene rings is 2. The third-order valence-electron chi connectivity index (χ3n) is 5.55. The molecule has 1 unspecified atom stereocenters. The van der Waals surface area contributed by atoms with Crippen LogP contribution in [0.3, 0.4) is 0 Å². The van der Waals surface area contributed by atoms with E-state index in [1.807, 2.05) is 25.1 Å². The zero-order valence-corrected chi connectivity index (χ0v) is 17.8. The van der Waals surface area contributed by atoms with E-state index >= 15 is 0 Å². The predicted molar refractivity (Wildman–Crippen MR) is 122 cm³/mol. The highest BCUT2D eigenvalue weighted by atomic mass is 16.5. The Morgan fingerprint density at radius 3 is 2.52 bits per heavy atom. The number of nitrogens with zero attached hydrogens (tertiary/aromatic N) is 2. The number of hydrogen-bond acceptors (Lipinski definition) is 6. The number of amides is 1. The molecule has 1 atom stereocenters. The van der Waals surface area contributed by atoms with Crippen LogP contribution in [-0.2, 0) is 4.79 Å². The molecule has 4 aromatic rings. The van der Waals surface area contributed by atoms with Crippen molar-refractivity contribution in [2.24, 2.45) is 0 Å². The number of anilines is 1. The molecular formula is C26H20N2O5. The zero-order valence-electron chi connectivity index (χ0n) is 17.8. The van der Waals surface area contributed by atoms with Gasteiger partial charge in [-0.15, -0.1) is 0 Å². The van der Waals surface area contributed by atoms with Crippen LogP contribution in [0.15, 0.2) is 94.9 Å². The second-order valence-corrected chi connectivity index (χ2v) is 7.53. The number of carbonyl (C=O) groups is 2. The largest absolute Gasteiger partial charge is 0.503 e. The molecule has 1 aliphatic rings. The molecule has 2 aromatic carbocycles. The van der Waals surface area contributed by atoms with Crippen LogP contribution in [0.1, 0.15) is 29.1 Å². The molecule has 0 radical (unpaired) electrons. The smallest absolute Gasteiger partial charge is 0.294 e. The van der Waals surface area contributed by atoms with E-state index < -0.39 is 23.5 Å². The lowest BCUT2D eigenvalue weighted by Crippen LogP contribution is -2.31. The number of carbonyl (C=O) groups excluding carboxylic acids is 2. The Bertz CT molecular complexity index is 1340. The van der Waals surface area contributed by atoms with Gasteiger partial charge in [-0.25, -0.2) is 0 Å². The number of aromatic nitrogens is 1. The van der Waals surface area contributed by atoms with Crippen molar-refractivity contribution < 1.29 is 23.8 Å². The van der Waals surface area contributed by atoms with Gasteiger partial charge in [-0.1, -0.05) is 18.2 Å². The van der Waals surface area contributed by atoms with E-state index in [0.29, 0.717) is 29.2 Å². The van der Waals surface area contributed by atoms with E-state index in [2.05, 4.69) is 4.98 Å². The highest BCUT2D eigenvalue weighted by Gasteiger charge is 2.45. The fourth-order valence-electron chi connectivity index (χ4n) is 4.06. The Kier molecular flexibility index (Phi) is 5.14. The first-order valence-electron chi connectivity index (χ1n) is 10.5. The van der Waals surface area contributed by atoms with Crippen molar-refractivity contribution in [3.05, 3.63) is 102 Å². The van der Waals surface area contributed by atoms with Crippen LogP contribution in [0.5, 0.6) is 5.75 Å². The van der Waals surface area contributed by atoms with Crippen molar-refractivity contribution in [1.82, 2.24) is 4.98 Å². The van der Waals surface area contributed by atoms with Gasteiger partial charge in [-0.05, 0) is 61.0 Å². The van der Waals surface area contributed by atoms with E-state index in [9.17, 15) is 14.7 Å². The molecule has 1 N–H and O–H groups in total. The molecule has 3 heterocycles. The molecule has 0 bridgehead atoms. The van der Waals surface area contributed by atoms with Crippen LogP contribution >= 0.6 is 0 Å². The summed E-state index contributed by atoms with van der Waals surface area (Å²) in [5.74, 6) is -1.11. The lowest BCUT2D eigenvalue weighted by atomic mass is 9.95. The molecule has 164 valence electrons. The summed E-state index contributed by atoms with van der Waals surface area (Å²) in [6.45, 7) is 2.40. The van der Waals surface area contributed by atoms with Crippen molar-refractivity contribution in [2.75, 3.05) is 11.5 Å². The number of pyridine rings is 1. The minimum absolute atomic E-state index is 0.0425. The van der Waals surface area contributed by atoms with Crippen LogP contribution in [0.25, 0.3) is 11.0 Å². The van der Waals surface area contributed by atoms with Crippen molar-refractivity contribution in [3.8, 4) is 5.75 Å². The van der Waals surface area contributed by atoms with E-state index in [0.717, 1.165) is 5.39 Å². The average Bonchev–Trinajstić information content (AvgIpc) is 3.39. The first-order valence-corrected chi connectivity index (χ1v) is 10.5. The molecule has 0 saturated heterocycles. The number of ketones is 1. The molecule has 0 spiro atoms. The van der Waals surface area contributed by atoms with Gasteiger partial charge in [-0.2, -0.15) is 0 Å². The van der Waals surface area contributed by atoms with Gasteiger partial charge < -0.3 is 14.3 Å². The zero-order chi connectivity index (χ0) is 22.9. The summed E-state index contributed by atoms with van der Waals surface area (Å²) < 4.78 is 11.2. The van der Waals surface area contributed by atoms with E-state index in [1.54, 1.807) is 60.9 Å². The fourth-order valence-corrected chi connectivity index (χ4v) is 4.06. The maximum Gasteiger partial charge on any atom is 0.294 e. The highest BCUT2D eigenvalue weighted by molar-refractivity contribution is 6.20. The van der Waals surface area contributed by atoms with Gasteiger partial charge in [-0.3, -0.25) is 19.5 Å². The SMILES string of the molecule is CCOc1ccc(N2C(=O)C(O)=C(C(=O)c3cc4ccccc4o3)C2c2ccncc2)cc1. The van der Waals surface area contributed by atoms with Gasteiger partial charge in [0.05, 0.1) is 18.2 Å². The standard InChI is InChI=1S/C26H20N2O5/c1-2-32-19-9-7-18(8-10-19)28-23(16-11-13-27-14-12-16)22(25(30)26(28)31)24(29)21-15-17-5-3-4-6-20(17)33-21/h3-15,23,30H,2H2,1H3. The average molecular weight is 440 g/mol. The monoisotopic (exact) mass is 440 g/mol. The van der Waals surface area contributed by atoms with Gasteiger partial charge in [0, 0.05) is 23.5 Å². The Morgan fingerprint density at radius 1 is 1.09 bits per heavy atom. The molecule has 7 nitrogen and oxygen atoms in total. The number of aliphatic hydroxyl groups excluding tert-OH is 1. The van der Waals surface area contributed by atoms with E-state index in [1.165, 1.54) is 4.90 Å². The van der Waals surface area contributed by atoms with Crippen molar-refractivity contribution in [3.63, 3.8) is 0 Å². The van der Waals surface area contributed by atoms with Gasteiger partial charge in [0.1, 0.15) is 11.3 Å². The second-order valence-electron chi connectivity index (χ2n) is 7.53. The minimum atomic E-state index is -0.848. The Labute approximate surface area is 189 Å². The number of hydrogen-bond donors (Lipinski definition) is 1. The van der Waals surface area contributed by atoms with Crippen molar-refractivity contribution >= 4 is 28.3 Å². The van der Waals surface area contributed by atoms with Crippen molar-refractivity contribution in [1.29, 1.82) is 0 Å². The Morgan fingerprint density at radius 2 is 1.82 bits per heavy atom. The molecule has 0 fully saturated rings. The van der Waals surface area contributed by atoms with Crippen LogP contribution in [-0.4, -0.2) is 28.4 Å². The summed E-state index contributed by atoms with van der Waals surface area (Å²) >= 11 is 0. The van der Waals surface area contributed by atoms with E-state index in [4.69, 9.17) is 9.15 Å². The van der Waals surface area contributed by atoms with Gasteiger partial charge >= 0.3 is 0 Å². The summed E-state index contributed by atoms with van der Waals surface area (Å²) in [5, 5.41) is 11.6. The van der Waals surface area contributed by atoms with Gasteiger partial charge in [0.2, 0.25) is 5.78 Å². The quantitative estimate of drug-likeness (QED) is 0.424. The van der Waals surface area contributed by atoms with Crippen LogP contribution < -0.4 is 9.64 Å². The third kappa shape index (κ3) is 3.53. The Hall–Kier alpha value is -4.39. The molecule has 33 heavy (non-hydrogen) atoms. The third-order valence-corrected chi connectivity index (χ3v) is 5.55. The van der Waals surface area contributed by atoms with Crippen LogP contribution in [0.4, 0.5) is 5.69 Å². The molecule has 2 aromatic heterocycles. The summed E-state index contributed by atoms with van der Waals surface area (Å²) in [5.41, 5.74) is 1.66. The lowest BCUT2D eigenvalue weighted by molar-refractivity contribution is -0.117. The normalized spacial score (nSPS) is 16.0. The number of ether oxygens (including phenoxy) is 1. The molecule has 0 saturated carbocycles. The highest BCUT2D eigenvalue weighted by Crippen LogP contribution is 2.42. The topological polar surface area (TPSA) is 92.9 Å². The van der Waals surface area contributed by atoms with Gasteiger partial charge in [0.15, 0.2) is 11.5 Å². The van der Waals surface area contributed by atoms with Crippen molar-refractivity contribution in [2.45, 2.75) is 13.0 Å². The molecular weight excluding hydrogens is 420 g/mol. The summed E-state index contributed by atoms with van der Waals surface area (Å²) in [4.78, 5) is 32.2. The molecule has 5 rings (SSSR count). The number of Topliss-reactive ketones (excluding diaryl/α,β-unsaturated/α-hetero) is 1. The molecule has 1 aliphatic heterocycles. The number of rotatable bonds is 6. The molecule has 0 aliphatic carbocycles. The predicted octanol–water partition coefficient (Wildman–Crippen LogP) is 5.01. The van der Waals surface area contributed by atoms with Crippen LogP contribution in [0, 0.1) is 0 Å². The number of para-hydroxylation sites is 1. The lowest BCUT2D eigenvalue weighted by Gasteiger charge is -2.26. The Balaban J connectivity index is 1.61. The van der Waals surface area contributed by atoms with E-state index in [-0.39, 0.29) is 11.3 Å². The second kappa shape index (κ2) is 8.27. The molecule has 1 amide bonds. The van der Waals surface area contributed by atoms with Crippen LogP contribution in [0.2, 0.25) is 0 Å². The summed E-state index contributed by atoms with van der Waals surface area (Å²) in [7, 11) is 0. The fraction of sp³-hybridized carbons (Fsp3) is 0.115. The maximum atomic E-state index is 13.5. The number of furan rings is 1. The number of fused-ring (bicyclic) bond motifs is 1. The first kappa shape index (κ1) is 20.5. The van der Waals surface area contributed by atoms with Gasteiger partial charge in [0.25, 0.3) is 5.91 Å². The summed E-state index contributed by atoms with van der Waals surface area (Å²) in [6, 6.07) is 18.4. The number of aliphatic hydroxyl groups is 1.